The van der Waals surface area contributed by atoms with Crippen LogP contribution in [0.25, 0.3) is 0 Å². The van der Waals surface area contributed by atoms with Gasteiger partial charge in [0.15, 0.2) is 5.96 Å². The molecule has 32 heavy (non-hydrogen) atoms. The van der Waals surface area contributed by atoms with Crippen LogP contribution in [0.15, 0.2) is 72.1 Å². The number of ether oxygens (including phenoxy) is 1. The van der Waals surface area contributed by atoms with Crippen LogP contribution < -0.4 is 15.0 Å². The van der Waals surface area contributed by atoms with Gasteiger partial charge in [-0.25, -0.2) is 15.0 Å². The molecule has 3 heterocycles. The largest absolute Gasteiger partial charge is 0.487 e. The van der Waals surface area contributed by atoms with Crippen molar-refractivity contribution in [2.45, 2.75) is 20.1 Å². The van der Waals surface area contributed by atoms with Crippen LogP contribution >= 0.6 is 0 Å². The predicted octanol–water partition coefficient (Wildman–Crippen LogP) is 2.74. The number of nitrogens with zero attached hydrogens (tertiary/aromatic N) is 6. The number of pyridine rings is 1. The number of piperazine rings is 1. The minimum absolute atomic E-state index is 0.461. The van der Waals surface area contributed by atoms with E-state index in [1.165, 1.54) is 0 Å². The first kappa shape index (κ1) is 21.5. The molecule has 166 valence electrons. The summed E-state index contributed by atoms with van der Waals surface area (Å²) < 4.78 is 5.82. The highest BCUT2D eigenvalue weighted by Gasteiger charge is 2.21. The van der Waals surface area contributed by atoms with E-state index in [4.69, 9.17) is 9.73 Å². The molecule has 1 aromatic carbocycles. The van der Waals surface area contributed by atoms with Crippen molar-refractivity contribution in [2.24, 2.45) is 4.99 Å². The van der Waals surface area contributed by atoms with E-state index < -0.39 is 0 Å². The normalized spacial score (nSPS) is 14.3. The first-order chi connectivity index (χ1) is 15.8. The minimum atomic E-state index is 0.461. The maximum atomic E-state index is 5.82. The van der Waals surface area contributed by atoms with Crippen LogP contribution in [0.1, 0.15) is 18.2 Å². The molecule has 8 nitrogen and oxygen atoms in total. The Hall–Kier alpha value is -3.68. The molecule has 0 aliphatic carbocycles. The molecule has 1 saturated heterocycles. The molecule has 8 heteroatoms. The van der Waals surface area contributed by atoms with Crippen molar-refractivity contribution in [3.8, 4) is 5.75 Å². The average molecular weight is 432 g/mol. The molecule has 0 bridgehead atoms. The van der Waals surface area contributed by atoms with Crippen molar-refractivity contribution in [3.05, 3.63) is 78.4 Å². The molecule has 0 unspecified atom stereocenters. The highest BCUT2D eigenvalue weighted by molar-refractivity contribution is 5.80. The number of aliphatic imine (C=N–C) groups is 1. The summed E-state index contributed by atoms with van der Waals surface area (Å²) in [4.78, 5) is 22.4. The van der Waals surface area contributed by atoms with Gasteiger partial charge in [-0.1, -0.05) is 18.2 Å². The summed E-state index contributed by atoms with van der Waals surface area (Å²) in [5.41, 5.74) is 2.05. The van der Waals surface area contributed by atoms with Gasteiger partial charge >= 0.3 is 0 Å². The van der Waals surface area contributed by atoms with E-state index in [9.17, 15) is 0 Å². The first-order valence-corrected chi connectivity index (χ1v) is 11.0. The molecule has 4 rings (SSSR count). The van der Waals surface area contributed by atoms with Crippen molar-refractivity contribution in [2.75, 3.05) is 37.6 Å². The van der Waals surface area contributed by atoms with Crippen LogP contribution in [0.2, 0.25) is 0 Å². The highest BCUT2D eigenvalue weighted by atomic mass is 16.5. The van der Waals surface area contributed by atoms with Crippen LogP contribution in [0.4, 0.5) is 5.95 Å². The van der Waals surface area contributed by atoms with E-state index in [1.807, 2.05) is 36.4 Å². The molecule has 2 aromatic heterocycles. The van der Waals surface area contributed by atoms with Gasteiger partial charge in [0.1, 0.15) is 12.4 Å². The molecule has 3 aromatic rings. The zero-order chi connectivity index (χ0) is 22.0. The van der Waals surface area contributed by atoms with Gasteiger partial charge < -0.3 is 19.9 Å². The predicted molar refractivity (Wildman–Crippen MR) is 126 cm³/mol. The molecule has 1 aliphatic rings. The molecule has 1 fully saturated rings. The van der Waals surface area contributed by atoms with Crippen molar-refractivity contribution in [1.82, 2.24) is 25.2 Å². The van der Waals surface area contributed by atoms with Gasteiger partial charge in [-0.15, -0.1) is 0 Å². The van der Waals surface area contributed by atoms with Crippen molar-refractivity contribution < 1.29 is 4.74 Å². The SMILES string of the molecule is CCNC(=NCc1ccc(OCc2ccccn2)cc1)N1CCN(c2ncccn2)CC1. The second-order valence-electron chi connectivity index (χ2n) is 7.45. The number of rotatable bonds is 7. The molecule has 0 radical (unpaired) electrons. The third kappa shape index (κ3) is 5.94. The van der Waals surface area contributed by atoms with Crippen LogP contribution in [0, 0.1) is 0 Å². The van der Waals surface area contributed by atoms with Crippen molar-refractivity contribution >= 4 is 11.9 Å². The summed E-state index contributed by atoms with van der Waals surface area (Å²) in [5.74, 6) is 2.56. The third-order valence-corrected chi connectivity index (χ3v) is 5.20. The van der Waals surface area contributed by atoms with Crippen molar-refractivity contribution in [3.63, 3.8) is 0 Å². The van der Waals surface area contributed by atoms with Crippen molar-refractivity contribution in [1.29, 1.82) is 0 Å². The fraction of sp³-hybridized carbons (Fsp3) is 0.333. The van der Waals surface area contributed by atoms with E-state index in [2.05, 4.69) is 49.1 Å². The van der Waals surface area contributed by atoms with Gasteiger partial charge in [0.05, 0.1) is 12.2 Å². The summed E-state index contributed by atoms with van der Waals surface area (Å²) >= 11 is 0. The maximum absolute atomic E-state index is 5.82. The summed E-state index contributed by atoms with van der Waals surface area (Å²) in [7, 11) is 0. The number of hydrogen-bond acceptors (Lipinski definition) is 6. The monoisotopic (exact) mass is 431 g/mol. The van der Waals surface area contributed by atoms with Gasteiger partial charge in [-0.05, 0) is 42.8 Å². The van der Waals surface area contributed by atoms with Crippen LogP contribution in [0.5, 0.6) is 5.75 Å². The molecule has 1 N–H and O–H groups in total. The van der Waals surface area contributed by atoms with E-state index in [0.29, 0.717) is 13.2 Å². The second-order valence-corrected chi connectivity index (χ2v) is 7.45. The number of hydrogen-bond donors (Lipinski definition) is 1. The van der Waals surface area contributed by atoms with Gasteiger partial charge in [0.25, 0.3) is 0 Å². The van der Waals surface area contributed by atoms with Gasteiger partial charge in [-0.3, -0.25) is 4.98 Å². The molecule has 0 amide bonds. The number of nitrogens with one attached hydrogen (secondary N) is 1. The van der Waals surface area contributed by atoms with Gasteiger partial charge in [0.2, 0.25) is 5.95 Å². The first-order valence-electron chi connectivity index (χ1n) is 11.0. The molecule has 0 saturated carbocycles. The fourth-order valence-corrected chi connectivity index (χ4v) is 3.50. The third-order valence-electron chi connectivity index (χ3n) is 5.20. The Balaban J connectivity index is 1.31. The lowest BCUT2D eigenvalue weighted by Crippen LogP contribution is -2.52. The van der Waals surface area contributed by atoms with Crippen LogP contribution in [-0.4, -0.2) is 58.5 Å². The quantitative estimate of drug-likeness (QED) is 0.455. The summed E-state index contributed by atoms with van der Waals surface area (Å²) in [6, 6.07) is 15.8. The lowest BCUT2D eigenvalue weighted by Gasteiger charge is -2.36. The van der Waals surface area contributed by atoms with E-state index >= 15 is 0 Å². The fourth-order valence-electron chi connectivity index (χ4n) is 3.50. The molecule has 0 atom stereocenters. The van der Waals surface area contributed by atoms with E-state index in [-0.39, 0.29) is 0 Å². The summed E-state index contributed by atoms with van der Waals surface area (Å²) in [6.07, 6.45) is 5.35. The molecular formula is C24H29N7O. The Morgan fingerprint density at radius 2 is 1.69 bits per heavy atom. The summed E-state index contributed by atoms with van der Waals surface area (Å²) in [6.45, 7) is 7.51. The van der Waals surface area contributed by atoms with Gasteiger partial charge in [0, 0.05) is 51.3 Å². The molecule has 0 spiro atoms. The Bertz CT molecular complexity index is 972. The minimum Gasteiger partial charge on any atom is -0.487 e. The Labute approximate surface area is 189 Å². The Kier molecular flexibility index (Phi) is 7.46. The maximum Gasteiger partial charge on any atom is 0.225 e. The van der Waals surface area contributed by atoms with Gasteiger partial charge in [-0.2, -0.15) is 0 Å². The zero-order valence-corrected chi connectivity index (χ0v) is 18.4. The van der Waals surface area contributed by atoms with Crippen LogP contribution in [-0.2, 0) is 13.2 Å². The topological polar surface area (TPSA) is 78.8 Å². The number of guanidine groups is 1. The second kappa shape index (κ2) is 11.1. The number of benzene rings is 1. The van der Waals surface area contributed by atoms with Crippen LogP contribution in [0.3, 0.4) is 0 Å². The number of anilines is 1. The highest BCUT2D eigenvalue weighted by Crippen LogP contribution is 2.15. The molecular weight excluding hydrogens is 402 g/mol. The Morgan fingerprint density at radius 1 is 0.938 bits per heavy atom. The lowest BCUT2D eigenvalue weighted by atomic mass is 10.2. The zero-order valence-electron chi connectivity index (χ0n) is 18.4. The standard InChI is InChI=1S/C24H29N7O/c1-2-25-23(30-14-16-31(17-15-30)24-27-12-5-13-28-24)29-18-20-7-9-22(10-8-20)32-19-21-6-3-4-11-26-21/h3-13H,2,14-19H2,1H3,(H,25,29). The van der Waals surface area contributed by atoms with E-state index in [0.717, 1.165) is 61.6 Å². The van der Waals surface area contributed by atoms with E-state index in [1.54, 1.807) is 18.6 Å². The lowest BCUT2D eigenvalue weighted by molar-refractivity contribution is 0.301. The molecule has 1 aliphatic heterocycles. The number of aromatic nitrogens is 3. The summed E-state index contributed by atoms with van der Waals surface area (Å²) in [5, 5.41) is 3.42. The smallest absolute Gasteiger partial charge is 0.225 e. The average Bonchev–Trinajstić information content (AvgIpc) is 2.87. The Morgan fingerprint density at radius 3 is 2.38 bits per heavy atom.